The van der Waals surface area contributed by atoms with Crippen LogP contribution in [0.4, 0.5) is 0 Å². The predicted molar refractivity (Wildman–Crippen MR) is 153 cm³/mol. The van der Waals surface area contributed by atoms with Gasteiger partial charge in [-0.2, -0.15) is 4.98 Å². The molecule has 0 radical (unpaired) electrons. The zero-order valence-corrected chi connectivity index (χ0v) is 23.6. The Kier molecular flexibility index (Phi) is 11.0. The lowest BCUT2D eigenvalue weighted by atomic mass is 10.0. The second-order valence-corrected chi connectivity index (χ2v) is 10.8. The number of piperidine rings is 1. The Morgan fingerprint density at radius 3 is 2.51 bits per heavy atom. The van der Waals surface area contributed by atoms with E-state index in [0.717, 1.165) is 49.7 Å². The first-order chi connectivity index (χ1) is 19.0. The molecule has 1 fully saturated rings. The molecule has 2 heterocycles. The molecule has 1 atom stereocenters. The maximum absolute atomic E-state index is 13.7. The summed E-state index contributed by atoms with van der Waals surface area (Å²) in [6.45, 7) is 3.26. The zero-order chi connectivity index (χ0) is 27.5. The minimum Gasteiger partial charge on any atom is -0.337 e. The molecule has 1 aromatic heterocycles. The van der Waals surface area contributed by atoms with Gasteiger partial charge in [-0.3, -0.25) is 9.59 Å². The molecule has 0 aliphatic carbocycles. The molecule has 208 valence electrons. The van der Waals surface area contributed by atoms with Crippen LogP contribution in [0.3, 0.4) is 0 Å². The topological polar surface area (TPSA) is 79.5 Å². The number of hydrogen-bond donors (Lipinski definition) is 0. The van der Waals surface area contributed by atoms with Gasteiger partial charge in [0.2, 0.25) is 23.5 Å². The van der Waals surface area contributed by atoms with Gasteiger partial charge in [0.25, 0.3) is 0 Å². The molecular weight excluding hydrogens is 512 g/mol. The van der Waals surface area contributed by atoms with E-state index in [2.05, 4.69) is 17.1 Å². The average molecular weight is 551 g/mol. The van der Waals surface area contributed by atoms with Crippen molar-refractivity contribution >= 4 is 23.4 Å². The Hall–Kier alpha value is -3.19. The lowest BCUT2D eigenvalue weighted by Gasteiger charge is -2.35. The summed E-state index contributed by atoms with van der Waals surface area (Å²) in [7, 11) is 0. The number of carbonyl (C=O) groups excluding carboxylic acids is 2. The fourth-order valence-electron chi connectivity index (χ4n) is 5.08. The van der Waals surface area contributed by atoms with E-state index in [0.29, 0.717) is 36.2 Å². The molecule has 4 rings (SSSR count). The van der Waals surface area contributed by atoms with Crippen LogP contribution in [-0.2, 0) is 16.1 Å². The predicted octanol–water partition coefficient (Wildman–Crippen LogP) is 7.22. The number of nitrogens with zero attached hydrogens (tertiary/aromatic N) is 4. The first-order valence-corrected chi connectivity index (χ1v) is 14.6. The highest BCUT2D eigenvalue weighted by Crippen LogP contribution is 2.31. The molecule has 1 saturated heterocycles. The Morgan fingerprint density at radius 1 is 1.00 bits per heavy atom. The van der Waals surface area contributed by atoms with Gasteiger partial charge in [-0.25, -0.2) is 0 Å². The maximum atomic E-state index is 13.7. The van der Waals surface area contributed by atoms with Crippen molar-refractivity contribution < 1.29 is 14.1 Å². The summed E-state index contributed by atoms with van der Waals surface area (Å²) in [6, 6.07) is 16.8. The molecule has 1 aliphatic rings. The minimum absolute atomic E-state index is 0.0269. The van der Waals surface area contributed by atoms with Crippen LogP contribution in [0.15, 0.2) is 59.1 Å². The number of likely N-dealkylation sites (tertiary alicyclic amines) is 1. The molecule has 0 bridgehead atoms. The van der Waals surface area contributed by atoms with Crippen LogP contribution in [-0.4, -0.2) is 44.8 Å². The molecule has 2 aromatic carbocycles. The summed E-state index contributed by atoms with van der Waals surface area (Å²) in [6.07, 6.45) is 9.78. The fraction of sp³-hybridized carbons (Fsp3) is 0.484. The molecule has 8 heteroatoms. The highest BCUT2D eigenvalue weighted by Gasteiger charge is 2.33. The second kappa shape index (κ2) is 14.8. The standard InChI is InChI=1S/C31H39ClN4O3/c1-2-3-4-5-6-10-16-28(37)35(22-24-13-8-7-9-14-24)23-29(38)36-21-12-11-15-27(36)31-33-30(34-39-31)25-17-19-26(32)20-18-25/h7-9,13-14,17-20,27H,2-6,10-12,15-16,21-23H2,1H3/t27-/m1/s1. The number of aromatic nitrogens is 2. The number of hydrogen-bond acceptors (Lipinski definition) is 5. The monoisotopic (exact) mass is 550 g/mol. The summed E-state index contributed by atoms with van der Waals surface area (Å²) in [4.78, 5) is 35.1. The van der Waals surface area contributed by atoms with Crippen LogP contribution in [0.25, 0.3) is 11.4 Å². The third-order valence-electron chi connectivity index (χ3n) is 7.29. The van der Waals surface area contributed by atoms with Crippen molar-refractivity contribution in [1.82, 2.24) is 19.9 Å². The number of benzene rings is 2. The van der Waals surface area contributed by atoms with Crippen LogP contribution >= 0.6 is 11.6 Å². The van der Waals surface area contributed by atoms with E-state index in [1.165, 1.54) is 19.3 Å². The van der Waals surface area contributed by atoms with Gasteiger partial charge < -0.3 is 14.3 Å². The SMILES string of the molecule is CCCCCCCCC(=O)N(CC(=O)N1CCCC[C@@H]1c1nc(-c2ccc(Cl)cc2)no1)Cc1ccccc1. The summed E-state index contributed by atoms with van der Waals surface area (Å²) in [5.41, 5.74) is 1.82. The van der Waals surface area contributed by atoms with Crippen molar-refractivity contribution in [2.24, 2.45) is 0 Å². The lowest BCUT2D eigenvalue weighted by molar-refractivity contribution is -0.143. The van der Waals surface area contributed by atoms with Crippen LogP contribution in [0.5, 0.6) is 0 Å². The van der Waals surface area contributed by atoms with Crippen LogP contribution in [0.2, 0.25) is 5.02 Å². The van der Waals surface area contributed by atoms with Gasteiger partial charge in [-0.15, -0.1) is 0 Å². The van der Waals surface area contributed by atoms with E-state index in [-0.39, 0.29) is 24.4 Å². The molecule has 0 saturated carbocycles. The minimum atomic E-state index is -0.299. The van der Waals surface area contributed by atoms with E-state index in [1.54, 1.807) is 17.0 Å². The summed E-state index contributed by atoms with van der Waals surface area (Å²) in [5.74, 6) is 0.845. The van der Waals surface area contributed by atoms with Gasteiger partial charge >= 0.3 is 0 Å². The quantitative estimate of drug-likeness (QED) is 0.210. The van der Waals surface area contributed by atoms with Crippen LogP contribution in [0, 0.1) is 0 Å². The van der Waals surface area contributed by atoms with Gasteiger partial charge in [0.15, 0.2) is 0 Å². The van der Waals surface area contributed by atoms with Gasteiger partial charge in [0, 0.05) is 30.1 Å². The molecule has 7 nitrogen and oxygen atoms in total. The Labute approximate surface area is 236 Å². The molecule has 3 aromatic rings. The van der Waals surface area contributed by atoms with Crippen molar-refractivity contribution in [3.8, 4) is 11.4 Å². The molecule has 0 spiro atoms. The summed E-state index contributed by atoms with van der Waals surface area (Å²) < 4.78 is 5.64. The van der Waals surface area contributed by atoms with E-state index in [4.69, 9.17) is 16.1 Å². The van der Waals surface area contributed by atoms with Crippen molar-refractivity contribution in [3.05, 3.63) is 71.1 Å². The maximum Gasteiger partial charge on any atom is 0.249 e. The third kappa shape index (κ3) is 8.40. The van der Waals surface area contributed by atoms with Gasteiger partial charge in [0.05, 0.1) is 0 Å². The normalized spacial score (nSPS) is 15.3. The van der Waals surface area contributed by atoms with Gasteiger partial charge in [0.1, 0.15) is 12.6 Å². The Balaban J connectivity index is 1.44. The van der Waals surface area contributed by atoms with Crippen LogP contribution < -0.4 is 0 Å². The molecule has 39 heavy (non-hydrogen) atoms. The number of amides is 2. The second-order valence-electron chi connectivity index (χ2n) is 10.3. The number of halogens is 1. The average Bonchev–Trinajstić information content (AvgIpc) is 3.45. The number of unbranched alkanes of at least 4 members (excludes halogenated alkanes) is 5. The highest BCUT2D eigenvalue weighted by molar-refractivity contribution is 6.30. The highest BCUT2D eigenvalue weighted by atomic mass is 35.5. The largest absolute Gasteiger partial charge is 0.337 e. The Bertz CT molecular complexity index is 1180. The van der Waals surface area contributed by atoms with Crippen LogP contribution in [0.1, 0.15) is 88.6 Å². The lowest BCUT2D eigenvalue weighted by Crippen LogP contribution is -2.45. The van der Waals surface area contributed by atoms with Gasteiger partial charge in [-0.1, -0.05) is 86.1 Å². The summed E-state index contributed by atoms with van der Waals surface area (Å²) in [5, 5.41) is 4.80. The third-order valence-corrected chi connectivity index (χ3v) is 7.54. The van der Waals surface area contributed by atoms with E-state index in [9.17, 15) is 9.59 Å². The van der Waals surface area contributed by atoms with Crippen molar-refractivity contribution in [1.29, 1.82) is 0 Å². The molecule has 0 N–H and O–H groups in total. The summed E-state index contributed by atoms with van der Waals surface area (Å²) >= 11 is 6.01. The number of carbonyl (C=O) groups is 2. The fourth-order valence-corrected chi connectivity index (χ4v) is 5.20. The van der Waals surface area contributed by atoms with Crippen molar-refractivity contribution in [2.45, 2.75) is 83.7 Å². The smallest absolute Gasteiger partial charge is 0.249 e. The molecule has 2 amide bonds. The number of rotatable bonds is 13. The van der Waals surface area contributed by atoms with Crippen molar-refractivity contribution in [2.75, 3.05) is 13.1 Å². The van der Waals surface area contributed by atoms with E-state index in [1.807, 2.05) is 47.4 Å². The Morgan fingerprint density at radius 2 is 1.74 bits per heavy atom. The molecule has 1 aliphatic heterocycles. The molecular formula is C31H39ClN4O3. The van der Waals surface area contributed by atoms with Gasteiger partial charge in [-0.05, 0) is 55.5 Å². The van der Waals surface area contributed by atoms with E-state index >= 15 is 0 Å². The first kappa shape index (κ1) is 28.8. The molecule has 0 unspecified atom stereocenters. The first-order valence-electron chi connectivity index (χ1n) is 14.3. The van der Waals surface area contributed by atoms with E-state index < -0.39 is 0 Å². The zero-order valence-electron chi connectivity index (χ0n) is 22.9. The van der Waals surface area contributed by atoms with Crippen molar-refractivity contribution in [3.63, 3.8) is 0 Å².